The summed E-state index contributed by atoms with van der Waals surface area (Å²) in [5.41, 5.74) is 3.05. The molecule has 2 aromatic rings. The third-order valence-electron chi connectivity index (χ3n) is 3.96. The Balaban J connectivity index is 1.96. The van der Waals surface area contributed by atoms with Gasteiger partial charge in [0.05, 0.1) is 28.9 Å². The van der Waals surface area contributed by atoms with E-state index in [2.05, 4.69) is 15.7 Å². The first-order chi connectivity index (χ1) is 11.7. The molecule has 0 aliphatic carbocycles. The fourth-order valence-electron chi connectivity index (χ4n) is 2.71. The van der Waals surface area contributed by atoms with Crippen LogP contribution in [0.1, 0.15) is 40.3 Å². The fraction of sp³-hybridized carbons (Fsp3) is 0.353. The molecule has 2 N–H and O–H groups in total. The minimum Gasteiger partial charge on any atom is -0.348 e. The van der Waals surface area contributed by atoms with Crippen LogP contribution in [0.25, 0.3) is 0 Å². The van der Waals surface area contributed by atoms with Gasteiger partial charge in [0.25, 0.3) is 5.91 Å². The number of carbonyl (C=O) groups excluding carboxylic acids is 2. The smallest absolute Gasteiger partial charge is 0.253 e. The lowest BCUT2D eigenvalue weighted by atomic mass is 10.1. The van der Waals surface area contributed by atoms with Crippen LogP contribution in [-0.4, -0.2) is 28.1 Å². The van der Waals surface area contributed by atoms with Gasteiger partial charge in [-0.25, -0.2) is 0 Å². The number of hydrogen-bond donors (Lipinski definition) is 2. The molecule has 134 valence electrons. The first kappa shape index (κ1) is 19.3. The summed E-state index contributed by atoms with van der Waals surface area (Å²) in [6, 6.07) is 4.37. The lowest BCUT2D eigenvalue weighted by Gasteiger charge is -2.15. The zero-order valence-corrected chi connectivity index (χ0v) is 16.0. The number of nitrogens with one attached hydrogen (secondary N) is 2. The number of rotatable bonds is 5. The second-order valence-electron chi connectivity index (χ2n) is 5.80. The van der Waals surface area contributed by atoms with E-state index in [4.69, 9.17) is 23.2 Å². The quantitative estimate of drug-likeness (QED) is 0.834. The van der Waals surface area contributed by atoms with Crippen LogP contribution in [-0.2, 0) is 11.8 Å². The van der Waals surface area contributed by atoms with E-state index in [1.165, 1.54) is 12.1 Å². The van der Waals surface area contributed by atoms with E-state index in [1.54, 1.807) is 10.7 Å². The summed E-state index contributed by atoms with van der Waals surface area (Å²) >= 11 is 11.8. The molecule has 1 heterocycles. The van der Waals surface area contributed by atoms with Crippen LogP contribution in [0.3, 0.4) is 0 Å². The van der Waals surface area contributed by atoms with Gasteiger partial charge in [0, 0.05) is 23.3 Å². The Bertz CT molecular complexity index is 817. The summed E-state index contributed by atoms with van der Waals surface area (Å²) in [4.78, 5) is 24.3. The van der Waals surface area contributed by atoms with Gasteiger partial charge in [-0.15, -0.1) is 0 Å². The second kappa shape index (κ2) is 7.89. The molecule has 25 heavy (non-hydrogen) atoms. The molecule has 0 fully saturated rings. The number of hydrogen-bond acceptors (Lipinski definition) is 3. The predicted octanol–water partition coefficient (Wildman–Crippen LogP) is 2.95. The van der Waals surface area contributed by atoms with E-state index in [0.717, 1.165) is 17.0 Å². The lowest BCUT2D eigenvalue weighted by molar-refractivity contribution is -0.120. The summed E-state index contributed by atoms with van der Waals surface area (Å²) in [6.45, 7) is 5.56. The largest absolute Gasteiger partial charge is 0.348 e. The maximum absolute atomic E-state index is 12.1. The molecule has 1 aromatic heterocycles. The number of nitrogens with zero attached hydrogens (tertiary/aromatic N) is 2. The lowest BCUT2D eigenvalue weighted by Crippen LogP contribution is -2.38. The molecule has 0 unspecified atom stereocenters. The number of benzene rings is 1. The van der Waals surface area contributed by atoms with Gasteiger partial charge in [0.15, 0.2) is 0 Å². The van der Waals surface area contributed by atoms with Crippen molar-refractivity contribution in [1.29, 1.82) is 0 Å². The van der Waals surface area contributed by atoms with Crippen molar-refractivity contribution in [2.75, 3.05) is 6.54 Å². The van der Waals surface area contributed by atoms with Crippen molar-refractivity contribution < 1.29 is 9.59 Å². The monoisotopic (exact) mass is 382 g/mol. The van der Waals surface area contributed by atoms with Gasteiger partial charge in [-0.2, -0.15) is 5.10 Å². The SMILES string of the molecule is Cc1nn(C)c(C)c1[C@@H](C)NC(=O)CNC(=O)c1cc(Cl)ccc1Cl. The van der Waals surface area contributed by atoms with Gasteiger partial charge in [-0.1, -0.05) is 23.2 Å². The molecule has 0 aliphatic rings. The fourth-order valence-corrected chi connectivity index (χ4v) is 3.08. The van der Waals surface area contributed by atoms with Crippen LogP contribution >= 0.6 is 23.2 Å². The van der Waals surface area contributed by atoms with E-state index < -0.39 is 5.91 Å². The Morgan fingerprint density at radius 3 is 2.56 bits per heavy atom. The molecule has 8 heteroatoms. The predicted molar refractivity (Wildman–Crippen MR) is 98.0 cm³/mol. The summed E-state index contributed by atoms with van der Waals surface area (Å²) in [5, 5.41) is 10.4. The molecule has 0 bridgehead atoms. The third-order valence-corrected chi connectivity index (χ3v) is 4.52. The van der Waals surface area contributed by atoms with E-state index in [0.29, 0.717) is 5.02 Å². The van der Waals surface area contributed by atoms with E-state index in [1.807, 2.05) is 27.8 Å². The number of aryl methyl sites for hydroxylation is 2. The minimum absolute atomic E-state index is 0.162. The zero-order valence-electron chi connectivity index (χ0n) is 14.5. The Morgan fingerprint density at radius 2 is 1.96 bits per heavy atom. The highest BCUT2D eigenvalue weighted by Gasteiger charge is 2.19. The van der Waals surface area contributed by atoms with Crippen LogP contribution < -0.4 is 10.6 Å². The van der Waals surface area contributed by atoms with Crippen molar-refractivity contribution in [2.45, 2.75) is 26.8 Å². The molecule has 0 aliphatic heterocycles. The van der Waals surface area contributed by atoms with Crippen LogP contribution in [0.4, 0.5) is 0 Å². The Morgan fingerprint density at radius 1 is 1.28 bits per heavy atom. The highest BCUT2D eigenvalue weighted by molar-refractivity contribution is 6.35. The Hall–Kier alpha value is -2.05. The highest BCUT2D eigenvalue weighted by Crippen LogP contribution is 2.21. The summed E-state index contributed by atoms with van der Waals surface area (Å²) in [6.07, 6.45) is 0. The number of aromatic nitrogens is 2. The standard InChI is InChI=1S/C17H20Cl2N4O2/c1-9(16-10(2)22-23(4)11(16)3)21-15(24)8-20-17(25)13-7-12(18)5-6-14(13)19/h5-7,9H,8H2,1-4H3,(H,20,25)(H,21,24)/t9-/m1/s1. The highest BCUT2D eigenvalue weighted by atomic mass is 35.5. The van der Waals surface area contributed by atoms with Gasteiger partial charge >= 0.3 is 0 Å². The Labute approximate surface area is 156 Å². The number of amides is 2. The average Bonchev–Trinajstić information content (AvgIpc) is 2.80. The number of carbonyl (C=O) groups is 2. The first-order valence-corrected chi connectivity index (χ1v) is 8.49. The molecule has 0 saturated carbocycles. The van der Waals surface area contributed by atoms with Crippen LogP contribution in [0, 0.1) is 13.8 Å². The number of halogens is 2. The maximum Gasteiger partial charge on any atom is 0.253 e. The molecule has 6 nitrogen and oxygen atoms in total. The summed E-state index contributed by atoms with van der Waals surface area (Å²) in [7, 11) is 1.86. The second-order valence-corrected chi connectivity index (χ2v) is 6.65. The minimum atomic E-state index is -0.455. The van der Waals surface area contributed by atoms with Crippen molar-refractivity contribution in [3.63, 3.8) is 0 Å². The van der Waals surface area contributed by atoms with Gasteiger partial charge in [0.1, 0.15) is 0 Å². The molecular formula is C17H20Cl2N4O2. The van der Waals surface area contributed by atoms with Crippen LogP contribution in [0.5, 0.6) is 0 Å². The average molecular weight is 383 g/mol. The van der Waals surface area contributed by atoms with Gasteiger partial charge < -0.3 is 10.6 Å². The van der Waals surface area contributed by atoms with Crippen molar-refractivity contribution >= 4 is 35.0 Å². The molecule has 1 aromatic carbocycles. The van der Waals surface area contributed by atoms with Crippen molar-refractivity contribution in [3.05, 3.63) is 50.8 Å². The van der Waals surface area contributed by atoms with Gasteiger partial charge in [-0.3, -0.25) is 14.3 Å². The Kier molecular flexibility index (Phi) is 6.08. The topological polar surface area (TPSA) is 76.0 Å². The first-order valence-electron chi connectivity index (χ1n) is 7.73. The molecule has 2 rings (SSSR count). The van der Waals surface area contributed by atoms with Crippen LogP contribution in [0.15, 0.2) is 18.2 Å². The normalized spacial score (nSPS) is 11.9. The van der Waals surface area contributed by atoms with E-state index >= 15 is 0 Å². The molecule has 0 spiro atoms. The maximum atomic E-state index is 12.1. The molecule has 1 atom stereocenters. The van der Waals surface area contributed by atoms with Gasteiger partial charge in [0.2, 0.25) is 5.91 Å². The molecule has 2 amide bonds. The summed E-state index contributed by atoms with van der Waals surface area (Å²) < 4.78 is 1.77. The van der Waals surface area contributed by atoms with Crippen molar-refractivity contribution in [2.24, 2.45) is 7.05 Å². The molecule has 0 saturated heterocycles. The third kappa shape index (κ3) is 4.52. The molecular weight excluding hydrogens is 363 g/mol. The zero-order chi connectivity index (χ0) is 18.7. The van der Waals surface area contributed by atoms with Crippen molar-refractivity contribution in [3.8, 4) is 0 Å². The van der Waals surface area contributed by atoms with E-state index in [-0.39, 0.29) is 29.1 Å². The molecule has 0 radical (unpaired) electrons. The van der Waals surface area contributed by atoms with E-state index in [9.17, 15) is 9.59 Å². The van der Waals surface area contributed by atoms with Crippen LogP contribution in [0.2, 0.25) is 10.0 Å². The van der Waals surface area contributed by atoms with Crippen molar-refractivity contribution in [1.82, 2.24) is 20.4 Å². The summed E-state index contributed by atoms with van der Waals surface area (Å²) in [5.74, 6) is -0.759. The van der Waals surface area contributed by atoms with Gasteiger partial charge in [-0.05, 0) is 39.0 Å².